The van der Waals surface area contributed by atoms with Crippen molar-refractivity contribution in [2.24, 2.45) is 0 Å². The molecule has 0 spiro atoms. The Bertz CT molecular complexity index is 410. The summed E-state index contributed by atoms with van der Waals surface area (Å²) in [4.78, 5) is 4.93. The first kappa shape index (κ1) is 14.4. The molecule has 3 heteroatoms. The van der Waals surface area contributed by atoms with Crippen molar-refractivity contribution >= 4 is 5.82 Å². The average molecular weight is 263 g/mol. The third-order valence-corrected chi connectivity index (χ3v) is 4.28. The monoisotopic (exact) mass is 263 g/mol. The van der Waals surface area contributed by atoms with E-state index in [9.17, 15) is 0 Å². The van der Waals surface area contributed by atoms with E-state index in [4.69, 9.17) is 10.7 Å². The standard InChI is InChI=1S/C16H29N3/c1-11(2)16-18-14(15(17)19(16)12(3)4)13-9-7-5-6-8-10-13/h11-13H,5-10,17H2,1-4H3. The van der Waals surface area contributed by atoms with Crippen molar-refractivity contribution < 1.29 is 0 Å². The van der Waals surface area contributed by atoms with Crippen LogP contribution in [0.2, 0.25) is 0 Å². The molecule has 3 nitrogen and oxygen atoms in total. The summed E-state index contributed by atoms with van der Waals surface area (Å²) in [5, 5.41) is 0. The Morgan fingerprint density at radius 1 is 1.05 bits per heavy atom. The highest BCUT2D eigenvalue weighted by atomic mass is 15.2. The highest BCUT2D eigenvalue weighted by Gasteiger charge is 2.25. The van der Waals surface area contributed by atoms with Crippen LogP contribution in [0.5, 0.6) is 0 Å². The number of imidazole rings is 1. The van der Waals surface area contributed by atoms with Crippen molar-refractivity contribution in [3.8, 4) is 0 Å². The summed E-state index contributed by atoms with van der Waals surface area (Å²) >= 11 is 0. The van der Waals surface area contributed by atoms with Gasteiger partial charge in [0.05, 0.1) is 5.69 Å². The van der Waals surface area contributed by atoms with E-state index in [1.165, 1.54) is 44.2 Å². The van der Waals surface area contributed by atoms with Gasteiger partial charge >= 0.3 is 0 Å². The van der Waals surface area contributed by atoms with Crippen LogP contribution in [0.15, 0.2) is 0 Å². The molecule has 1 saturated carbocycles. The summed E-state index contributed by atoms with van der Waals surface area (Å²) in [6.45, 7) is 8.80. The minimum atomic E-state index is 0.393. The zero-order chi connectivity index (χ0) is 14.0. The fourth-order valence-electron chi connectivity index (χ4n) is 3.28. The van der Waals surface area contributed by atoms with Crippen LogP contribution in [-0.2, 0) is 0 Å². The van der Waals surface area contributed by atoms with Gasteiger partial charge in [-0.05, 0) is 26.7 Å². The minimum absolute atomic E-state index is 0.393. The largest absolute Gasteiger partial charge is 0.384 e. The van der Waals surface area contributed by atoms with Gasteiger partial charge in [-0.1, -0.05) is 39.5 Å². The Balaban J connectivity index is 2.37. The lowest BCUT2D eigenvalue weighted by molar-refractivity contribution is 0.556. The van der Waals surface area contributed by atoms with Crippen LogP contribution in [0.25, 0.3) is 0 Å². The van der Waals surface area contributed by atoms with Crippen molar-refractivity contribution in [1.82, 2.24) is 9.55 Å². The maximum absolute atomic E-state index is 6.43. The van der Waals surface area contributed by atoms with Crippen LogP contribution < -0.4 is 5.73 Å². The third kappa shape index (κ3) is 2.96. The molecule has 1 aromatic rings. The smallest absolute Gasteiger partial charge is 0.127 e. The molecular formula is C16H29N3. The van der Waals surface area contributed by atoms with E-state index in [-0.39, 0.29) is 0 Å². The normalized spacial score (nSPS) is 18.2. The number of nitrogens with zero attached hydrogens (tertiary/aromatic N) is 2. The predicted molar refractivity (Wildman–Crippen MR) is 81.6 cm³/mol. The molecule has 1 aliphatic carbocycles. The second-order valence-corrected chi connectivity index (χ2v) is 6.55. The first-order chi connectivity index (χ1) is 9.02. The minimum Gasteiger partial charge on any atom is -0.384 e. The Morgan fingerprint density at radius 2 is 1.63 bits per heavy atom. The molecule has 0 atom stereocenters. The van der Waals surface area contributed by atoms with Crippen LogP contribution in [0.3, 0.4) is 0 Å². The fourth-order valence-corrected chi connectivity index (χ4v) is 3.28. The van der Waals surface area contributed by atoms with Crippen LogP contribution in [0, 0.1) is 0 Å². The maximum Gasteiger partial charge on any atom is 0.127 e. The van der Waals surface area contributed by atoms with E-state index in [0.717, 1.165) is 11.6 Å². The van der Waals surface area contributed by atoms with Crippen LogP contribution in [0.1, 0.15) is 95.6 Å². The summed E-state index contributed by atoms with van der Waals surface area (Å²) in [5.41, 5.74) is 7.61. The van der Waals surface area contributed by atoms with E-state index < -0.39 is 0 Å². The van der Waals surface area contributed by atoms with Gasteiger partial charge in [-0.2, -0.15) is 0 Å². The van der Waals surface area contributed by atoms with Crippen molar-refractivity contribution in [2.45, 2.75) is 84.1 Å². The van der Waals surface area contributed by atoms with Gasteiger partial charge in [0.2, 0.25) is 0 Å². The molecule has 0 aromatic carbocycles. The molecule has 2 N–H and O–H groups in total. The summed E-state index contributed by atoms with van der Waals surface area (Å²) < 4.78 is 2.24. The van der Waals surface area contributed by atoms with Gasteiger partial charge < -0.3 is 10.3 Å². The van der Waals surface area contributed by atoms with Gasteiger partial charge in [0.15, 0.2) is 0 Å². The van der Waals surface area contributed by atoms with E-state index >= 15 is 0 Å². The lowest BCUT2D eigenvalue weighted by Gasteiger charge is -2.16. The van der Waals surface area contributed by atoms with Crippen molar-refractivity contribution in [2.75, 3.05) is 5.73 Å². The number of nitrogen functional groups attached to an aromatic ring is 1. The molecule has 0 saturated heterocycles. The van der Waals surface area contributed by atoms with Gasteiger partial charge in [-0.25, -0.2) is 4.98 Å². The van der Waals surface area contributed by atoms with Crippen LogP contribution in [-0.4, -0.2) is 9.55 Å². The van der Waals surface area contributed by atoms with Gasteiger partial charge in [-0.3, -0.25) is 0 Å². The second-order valence-electron chi connectivity index (χ2n) is 6.55. The van der Waals surface area contributed by atoms with E-state index in [1.807, 2.05) is 0 Å². The number of hydrogen-bond donors (Lipinski definition) is 1. The lowest BCUT2D eigenvalue weighted by Crippen LogP contribution is -2.11. The molecule has 0 bridgehead atoms. The number of hydrogen-bond acceptors (Lipinski definition) is 2. The second kappa shape index (κ2) is 5.98. The molecule has 1 heterocycles. The van der Waals surface area contributed by atoms with E-state index in [2.05, 4.69) is 32.3 Å². The Morgan fingerprint density at radius 3 is 2.05 bits per heavy atom. The zero-order valence-corrected chi connectivity index (χ0v) is 12.9. The first-order valence-corrected chi connectivity index (χ1v) is 7.89. The SMILES string of the molecule is CC(C)c1nc(C2CCCCCC2)c(N)n1C(C)C. The van der Waals surface area contributed by atoms with Gasteiger partial charge in [0.25, 0.3) is 0 Å². The Labute approximate surface area is 117 Å². The molecule has 1 fully saturated rings. The Hall–Kier alpha value is -0.990. The fraction of sp³-hybridized carbons (Fsp3) is 0.812. The van der Waals surface area contributed by atoms with Crippen molar-refractivity contribution in [1.29, 1.82) is 0 Å². The molecule has 0 aliphatic heterocycles. The predicted octanol–water partition coefficient (Wildman–Crippen LogP) is 4.61. The topological polar surface area (TPSA) is 43.8 Å². The number of nitrogens with two attached hydrogens (primary N) is 1. The molecule has 2 rings (SSSR count). The summed E-state index contributed by atoms with van der Waals surface area (Å²) in [7, 11) is 0. The quantitative estimate of drug-likeness (QED) is 0.809. The maximum atomic E-state index is 6.43. The van der Waals surface area contributed by atoms with Crippen molar-refractivity contribution in [3.05, 3.63) is 11.5 Å². The molecule has 0 amide bonds. The summed E-state index contributed by atoms with van der Waals surface area (Å²) in [6.07, 6.45) is 7.93. The molecule has 1 aliphatic rings. The van der Waals surface area contributed by atoms with E-state index in [0.29, 0.717) is 17.9 Å². The lowest BCUT2D eigenvalue weighted by atomic mass is 9.96. The molecule has 0 unspecified atom stereocenters. The number of anilines is 1. The summed E-state index contributed by atoms with van der Waals surface area (Å²) in [6, 6.07) is 0.393. The highest BCUT2D eigenvalue weighted by molar-refractivity contribution is 5.42. The average Bonchev–Trinajstić information content (AvgIpc) is 2.53. The van der Waals surface area contributed by atoms with E-state index in [1.54, 1.807) is 0 Å². The molecule has 19 heavy (non-hydrogen) atoms. The number of aromatic nitrogens is 2. The third-order valence-electron chi connectivity index (χ3n) is 4.28. The van der Waals surface area contributed by atoms with Gasteiger partial charge in [0.1, 0.15) is 11.6 Å². The molecular weight excluding hydrogens is 234 g/mol. The van der Waals surface area contributed by atoms with Gasteiger partial charge in [0, 0.05) is 17.9 Å². The van der Waals surface area contributed by atoms with Crippen LogP contribution >= 0.6 is 0 Å². The van der Waals surface area contributed by atoms with Gasteiger partial charge in [-0.15, -0.1) is 0 Å². The first-order valence-electron chi connectivity index (χ1n) is 7.89. The summed E-state index contributed by atoms with van der Waals surface area (Å²) in [5.74, 6) is 3.10. The highest BCUT2D eigenvalue weighted by Crippen LogP contribution is 2.36. The van der Waals surface area contributed by atoms with Crippen LogP contribution in [0.4, 0.5) is 5.82 Å². The molecule has 1 aromatic heterocycles. The molecule has 108 valence electrons. The Kier molecular flexibility index (Phi) is 4.54. The zero-order valence-electron chi connectivity index (χ0n) is 12.9. The number of rotatable bonds is 3. The molecule has 0 radical (unpaired) electrons. The van der Waals surface area contributed by atoms with Crippen molar-refractivity contribution in [3.63, 3.8) is 0 Å².